The predicted octanol–water partition coefficient (Wildman–Crippen LogP) is 1.34. The van der Waals surface area contributed by atoms with Crippen LogP contribution in [0.1, 0.15) is 12.8 Å². The summed E-state index contributed by atoms with van der Waals surface area (Å²) in [4.78, 5) is 0. The fourth-order valence-electron chi connectivity index (χ4n) is 0.585. The zero-order chi connectivity index (χ0) is 8.91. The molecule has 1 atom stereocenters. The number of rotatable bonds is 4. The number of alkyl halides is 3. The Morgan fingerprint density at radius 3 is 2.36 bits per heavy atom. The summed E-state index contributed by atoms with van der Waals surface area (Å²) in [5, 5.41) is 8.43. The largest absolute Gasteiger partial charge is 0.414 e. The molecule has 2 nitrogen and oxygen atoms in total. The average Bonchev–Trinajstić information content (AvgIpc) is 1.86. The van der Waals surface area contributed by atoms with Gasteiger partial charge in [-0.25, -0.2) is 0 Å². The molecule has 0 aromatic rings. The molecule has 0 aliphatic heterocycles. The average molecular weight is 172 g/mol. The maximum atomic E-state index is 11.6. The molecule has 0 fully saturated rings. The number of aliphatic hydroxyl groups excluding tert-OH is 1. The Morgan fingerprint density at radius 2 is 2.00 bits per heavy atom. The van der Waals surface area contributed by atoms with E-state index in [1.54, 1.807) is 0 Å². The predicted molar refractivity (Wildman–Crippen MR) is 33.2 cm³/mol. The molecule has 1 N–H and O–H groups in total. The van der Waals surface area contributed by atoms with Gasteiger partial charge in [0.15, 0.2) is 0 Å². The van der Waals surface area contributed by atoms with Gasteiger partial charge < -0.3 is 9.84 Å². The molecule has 0 saturated carbocycles. The molecule has 0 saturated heterocycles. The minimum absolute atomic E-state index is 0.219. The Bertz CT molecular complexity index is 102. The van der Waals surface area contributed by atoms with E-state index < -0.39 is 12.3 Å². The quantitative estimate of drug-likeness (QED) is 0.648. The van der Waals surface area contributed by atoms with Gasteiger partial charge in [-0.05, 0) is 12.8 Å². The van der Waals surface area contributed by atoms with Gasteiger partial charge in [0.2, 0.25) is 0 Å². The molecule has 0 spiro atoms. The molecule has 0 aromatic carbocycles. The second-order valence-corrected chi connectivity index (χ2v) is 2.19. The highest BCUT2D eigenvalue weighted by molar-refractivity contribution is 4.64. The van der Waals surface area contributed by atoms with E-state index in [2.05, 4.69) is 4.74 Å². The monoisotopic (exact) mass is 172 g/mol. The van der Waals surface area contributed by atoms with Crippen molar-refractivity contribution in [2.24, 2.45) is 0 Å². The van der Waals surface area contributed by atoms with Crippen LogP contribution in [0.15, 0.2) is 0 Å². The van der Waals surface area contributed by atoms with Crippen LogP contribution < -0.4 is 0 Å². The zero-order valence-electron chi connectivity index (χ0n) is 6.19. The van der Waals surface area contributed by atoms with E-state index in [9.17, 15) is 13.2 Å². The van der Waals surface area contributed by atoms with Crippen LogP contribution in [0.4, 0.5) is 13.2 Å². The zero-order valence-corrected chi connectivity index (χ0v) is 6.19. The summed E-state index contributed by atoms with van der Waals surface area (Å²) in [5.41, 5.74) is 0. The number of hydrogen-bond acceptors (Lipinski definition) is 2. The van der Waals surface area contributed by atoms with E-state index in [1.165, 1.54) is 7.11 Å². The first-order chi connectivity index (χ1) is 4.98. The summed E-state index contributed by atoms with van der Waals surface area (Å²) >= 11 is 0. The van der Waals surface area contributed by atoms with Crippen molar-refractivity contribution in [1.29, 1.82) is 0 Å². The van der Waals surface area contributed by atoms with Crippen molar-refractivity contribution in [2.75, 3.05) is 13.7 Å². The van der Waals surface area contributed by atoms with E-state index in [4.69, 9.17) is 5.11 Å². The summed E-state index contributed by atoms with van der Waals surface area (Å²) in [6.45, 7) is 0.243. The van der Waals surface area contributed by atoms with Gasteiger partial charge in [0.1, 0.15) is 6.10 Å². The number of ether oxygens (including phenoxy) is 1. The Hall–Kier alpha value is -0.290. The van der Waals surface area contributed by atoms with Gasteiger partial charge in [0.25, 0.3) is 0 Å². The highest BCUT2D eigenvalue weighted by Crippen LogP contribution is 2.22. The van der Waals surface area contributed by atoms with Crippen molar-refractivity contribution in [1.82, 2.24) is 0 Å². The van der Waals surface area contributed by atoms with E-state index in [-0.39, 0.29) is 19.4 Å². The molecule has 0 amide bonds. The highest BCUT2D eigenvalue weighted by Gasteiger charge is 2.37. The second kappa shape index (κ2) is 4.56. The van der Waals surface area contributed by atoms with Gasteiger partial charge in [0, 0.05) is 13.7 Å². The topological polar surface area (TPSA) is 29.5 Å². The van der Waals surface area contributed by atoms with Crippen molar-refractivity contribution < 1.29 is 23.0 Å². The van der Waals surface area contributed by atoms with E-state index in [0.717, 1.165) is 0 Å². The third kappa shape index (κ3) is 5.03. The molecule has 0 heterocycles. The first-order valence-electron chi connectivity index (χ1n) is 3.22. The minimum atomic E-state index is -4.49. The van der Waals surface area contributed by atoms with Gasteiger partial charge in [-0.2, -0.15) is 13.2 Å². The standard InChI is InChI=1S/C6H11F3O2/c1-11-4-2-3-5(10)6(7,8)9/h5,10H,2-4H2,1H3. The Balaban J connectivity index is 3.44. The van der Waals surface area contributed by atoms with Crippen LogP contribution in [-0.2, 0) is 4.74 Å². The minimum Gasteiger partial charge on any atom is -0.385 e. The van der Waals surface area contributed by atoms with Crippen molar-refractivity contribution >= 4 is 0 Å². The van der Waals surface area contributed by atoms with Gasteiger partial charge in [0.05, 0.1) is 0 Å². The van der Waals surface area contributed by atoms with Crippen molar-refractivity contribution in [2.45, 2.75) is 25.1 Å². The molecular weight excluding hydrogens is 161 g/mol. The van der Waals surface area contributed by atoms with E-state index in [0.29, 0.717) is 0 Å². The molecule has 0 bridgehead atoms. The fourth-order valence-corrected chi connectivity index (χ4v) is 0.585. The SMILES string of the molecule is COCCCC(O)C(F)(F)F. The molecular formula is C6H11F3O2. The van der Waals surface area contributed by atoms with Crippen LogP contribution in [0, 0.1) is 0 Å². The van der Waals surface area contributed by atoms with Crippen LogP contribution in [0.3, 0.4) is 0 Å². The number of hydrogen-bond donors (Lipinski definition) is 1. The van der Waals surface area contributed by atoms with E-state index in [1.807, 2.05) is 0 Å². The maximum absolute atomic E-state index is 11.6. The normalized spacial score (nSPS) is 15.0. The summed E-state index contributed by atoms with van der Waals surface area (Å²) in [6.07, 6.45) is -6.78. The van der Waals surface area contributed by atoms with Gasteiger partial charge in [-0.1, -0.05) is 0 Å². The molecule has 11 heavy (non-hydrogen) atoms. The lowest BCUT2D eigenvalue weighted by Gasteiger charge is -2.13. The summed E-state index contributed by atoms with van der Waals surface area (Å²) in [6, 6.07) is 0. The molecule has 5 heteroatoms. The van der Waals surface area contributed by atoms with Crippen molar-refractivity contribution in [3.63, 3.8) is 0 Å². The fraction of sp³-hybridized carbons (Fsp3) is 1.00. The molecule has 0 aliphatic rings. The molecule has 1 unspecified atom stereocenters. The van der Waals surface area contributed by atoms with Crippen molar-refractivity contribution in [3.8, 4) is 0 Å². The van der Waals surface area contributed by atoms with Crippen LogP contribution >= 0.6 is 0 Å². The summed E-state index contributed by atoms with van der Waals surface area (Å²) in [5.74, 6) is 0. The first-order valence-corrected chi connectivity index (χ1v) is 3.22. The highest BCUT2D eigenvalue weighted by atomic mass is 19.4. The maximum Gasteiger partial charge on any atom is 0.414 e. The molecule has 0 radical (unpaired) electrons. The van der Waals surface area contributed by atoms with Gasteiger partial charge in [-0.15, -0.1) is 0 Å². The first kappa shape index (κ1) is 10.7. The lowest BCUT2D eigenvalue weighted by molar-refractivity contribution is -0.206. The lowest BCUT2D eigenvalue weighted by Crippen LogP contribution is -2.28. The Morgan fingerprint density at radius 1 is 1.45 bits per heavy atom. The molecule has 0 aromatic heterocycles. The molecule has 0 aliphatic carbocycles. The van der Waals surface area contributed by atoms with Gasteiger partial charge in [-0.3, -0.25) is 0 Å². The molecule has 68 valence electrons. The summed E-state index contributed by atoms with van der Waals surface area (Å²) in [7, 11) is 1.40. The number of methoxy groups -OCH3 is 1. The van der Waals surface area contributed by atoms with E-state index >= 15 is 0 Å². The van der Waals surface area contributed by atoms with Crippen molar-refractivity contribution in [3.05, 3.63) is 0 Å². The van der Waals surface area contributed by atoms with Crippen LogP contribution in [-0.4, -0.2) is 31.1 Å². The Kier molecular flexibility index (Phi) is 4.44. The van der Waals surface area contributed by atoms with Crippen LogP contribution in [0.25, 0.3) is 0 Å². The summed E-state index contributed by atoms with van der Waals surface area (Å²) < 4.78 is 39.3. The molecule has 0 rings (SSSR count). The number of halogens is 3. The Labute approximate surface area is 63.0 Å². The van der Waals surface area contributed by atoms with Crippen LogP contribution in [0.2, 0.25) is 0 Å². The van der Waals surface area contributed by atoms with Crippen LogP contribution in [0.5, 0.6) is 0 Å². The smallest absolute Gasteiger partial charge is 0.385 e. The third-order valence-electron chi connectivity index (χ3n) is 1.20. The number of aliphatic hydroxyl groups is 1. The van der Waals surface area contributed by atoms with Gasteiger partial charge >= 0.3 is 6.18 Å². The second-order valence-electron chi connectivity index (χ2n) is 2.19. The lowest BCUT2D eigenvalue weighted by atomic mass is 10.2. The third-order valence-corrected chi connectivity index (χ3v) is 1.20.